The molecule has 0 unspecified atom stereocenters. The van der Waals surface area contributed by atoms with Crippen molar-refractivity contribution in [2.45, 2.75) is 10.9 Å². The fraction of sp³-hybridized carbons (Fsp3) is 0.0667. The van der Waals surface area contributed by atoms with Crippen LogP contribution in [0.25, 0.3) is 16.6 Å². The van der Waals surface area contributed by atoms with Crippen LogP contribution in [0.3, 0.4) is 0 Å². The van der Waals surface area contributed by atoms with Gasteiger partial charge in [0, 0.05) is 11.2 Å². The van der Waals surface area contributed by atoms with Crippen LogP contribution >= 0.6 is 23.4 Å². The summed E-state index contributed by atoms with van der Waals surface area (Å²) in [7, 11) is 0. The van der Waals surface area contributed by atoms with E-state index >= 15 is 0 Å². The highest BCUT2D eigenvalue weighted by molar-refractivity contribution is 7.98. The van der Waals surface area contributed by atoms with Gasteiger partial charge in [-0.2, -0.15) is 0 Å². The SMILES string of the molecule is O=c1[nH]c(CSc2nnc3ccccn23)nc2ccc(Cl)cc12. The average Bonchev–Trinajstić information content (AvgIpc) is 2.97. The molecule has 114 valence electrons. The molecule has 3 aromatic heterocycles. The molecular formula is C15H10ClN5OS. The molecule has 0 atom stereocenters. The summed E-state index contributed by atoms with van der Waals surface area (Å²) in [5.74, 6) is 1.08. The first-order valence-corrected chi connectivity index (χ1v) is 8.18. The van der Waals surface area contributed by atoms with Gasteiger partial charge in [0.1, 0.15) is 5.82 Å². The van der Waals surface area contributed by atoms with Crippen LogP contribution in [-0.2, 0) is 5.75 Å². The summed E-state index contributed by atoms with van der Waals surface area (Å²) >= 11 is 7.37. The minimum Gasteiger partial charge on any atom is -0.309 e. The molecule has 1 aromatic carbocycles. The van der Waals surface area contributed by atoms with E-state index in [1.54, 1.807) is 18.2 Å². The molecule has 0 spiro atoms. The van der Waals surface area contributed by atoms with Crippen LogP contribution in [0.15, 0.2) is 52.5 Å². The Hall–Kier alpha value is -2.38. The molecule has 0 aliphatic heterocycles. The van der Waals surface area contributed by atoms with E-state index in [1.165, 1.54) is 11.8 Å². The normalized spacial score (nSPS) is 11.3. The molecule has 23 heavy (non-hydrogen) atoms. The van der Waals surface area contributed by atoms with Crippen molar-refractivity contribution >= 4 is 39.9 Å². The predicted octanol–water partition coefficient (Wildman–Crippen LogP) is 2.91. The Balaban J connectivity index is 1.65. The van der Waals surface area contributed by atoms with Crippen molar-refractivity contribution in [2.75, 3.05) is 0 Å². The predicted molar refractivity (Wildman–Crippen MR) is 89.9 cm³/mol. The van der Waals surface area contributed by atoms with Crippen LogP contribution in [0.1, 0.15) is 5.82 Å². The van der Waals surface area contributed by atoms with Gasteiger partial charge in [-0.05, 0) is 30.3 Å². The minimum absolute atomic E-state index is 0.195. The van der Waals surface area contributed by atoms with E-state index in [0.717, 1.165) is 10.8 Å². The van der Waals surface area contributed by atoms with Gasteiger partial charge in [0.15, 0.2) is 10.8 Å². The molecule has 0 saturated heterocycles. The Morgan fingerprint density at radius 1 is 1.22 bits per heavy atom. The highest BCUT2D eigenvalue weighted by Gasteiger charge is 2.08. The van der Waals surface area contributed by atoms with Crippen LogP contribution in [-0.4, -0.2) is 24.6 Å². The molecule has 0 aliphatic carbocycles. The molecule has 0 amide bonds. The van der Waals surface area contributed by atoms with Gasteiger partial charge in [-0.3, -0.25) is 9.20 Å². The molecule has 8 heteroatoms. The number of nitrogens with one attached hydrogen (secondary N) is 1. The van der Waals surface area contributed by atoms with Gasteiger partial charge in [-0.1, -0.05) is 29.4 Å². The Bertz CT molecular complexity index is 1070. The summed E-state index contributed by atoms with van der Waals surface area (Å²) in [4.78, 5) is 19.4. The van der Waals surface area contributed by atoms with Gasteiger partial charge in [0.05, 0.1) is 16.7 Å². The molecule has 6 nitrogen and oxygen atoms in total. The number of halogens is 1. The second-order valence-corrected chi connectivity index (χ2v) is 6.25. The number of rotatable bonds is 3. The third-order valence-electron chi connectivity index (χ3n) is 3.34. The van der Waals surface area contributed by atoms with Crippen molar-refractivity contribution in [1.29, 1.82) is 0 Å². The van der Waals surface area contributed by atoms with Gasteiger partial charge in [0.2, 0.25) is 0 Å². The zero-order valence-corrected chi connectivity index (χ0v) is 13.3. The summed E-state index contributed by atoms with van der Waals surface area (Å²) in [6, 6.07) is 10.8. The van der Waals surface area contributed by atoms with E-state index in [0.29, 0.717) is 27.5 Å². The zero-order chi connectivity index (χ0) is 15.8. The van der Waals surface area contributed by atoms with Crippen molar-refractivity contribution in [3.05, 3.63) is 63.8 Å². The number of aromatic amines is 1. The standard InChI is InChI=1S/C15H10ClN5OS/c16-9-4-5-11-10(7-9)14(22)18-12(17-11)8-23-15-20-19-13-3-1-2-6-21(13)15/h1-7H,8H2,(H,17,18,22). The number of fused-ring (bicyclic) bond motifs is 2. The first-order chi connectivity index (χ1) is 11.2. The fourth-order valence-electron chi connectivity index (χ4n) is 2.28. The van der Waals surface area contributed by atoms with Crippen molar-refractivity contribution < 1.29 is 0 Å². The summed E-state index contributed by atoms with van der Waals surface area (Å²) in [5, 5.41) is 9.99. The van der Waals surface area contributed by atoms with Gasteiger partial charge in [-0.25, -0.2) is 4.98 Å². The first-order valence-electron chi connectivity index (χ1n) is 6.82. The number of hydrogen-bond donors (Lipinski definition) is 1. The second kappa shape index (κ2) is 5.68. The molecule has 0 radical (unpaired) electrons. The van der Waals surface area contributed by atoms with Crippen LogP contribution in [0.5, 0.6) is 0 Å². The topological polar surface area (TPSA) is 75.9 Å². The van der Waals surface area contributed by atoms with E-state index in [-0.39, 0.29) is 5.56 Å². The number of aromatic nitrogens is 5. The highest BCUT2D eigenvalue weighted by atomic mass is 35.5. The second-order valence-electron chi connectivity index (χ2n) is 4.87. The molecule has 3 heterocycles. The molecule has 4 rings (SSSR count). The zero-order valence-electron chi connectivity index (χ0n) is 11.7. The lowest BCUT2D eigenvalue weighted by Crippen LogP contribution is -2.11. The maximum atomic E-state index is 12.1. The molecule has 0 fully saturated rings. The summed E-state index contributed by atoms with van der Waals surface area (Å²) in [5.41, 5.74) is 1.21. The number of hydrogen-bond acceptors (Lipinski definition) is 5. The fourth-order valence-corrected chi connectivity index (χ4v) is 3.25. The summed E-state index contributed by atoms with van der Waals surface area (Å²) < 4.78 is 1.89. The highest BCUT2D eigenvalue weighted by Crippen LogP contribution is 2.21. The maximum absolute atomic E-state index is 12.1. The monoisotopic (exact) mass is 343 g/mol. The molecule has 1 N–H and O–H groups in total. The van der Waals surface area contributed by atoms with Crippen LogP contribution in [0.2, 0.25) is 5.02 Å². The van der Waals surface area contributed by atoms with Crippen molar-refractivity contribution in [3.63, 3.8) is 0 Å². The van der Waals surface area contributed by atoms with Gasteiger partial charge in [0.25, 0.3) is 5.56 Å². The average molecular weight is 344 g/mol. The lowest BCUT2D eigenvalue weighted by molar-refractivity contribution is 0.917. The lowest BCUT2D eigenvalue weighted by Gasteiger charge is -2.03. The molecule has 0 bridgehead atoms. The smallest absolute Gasteiger partial charge is 0.258 e. The quantitative estimate of drug-likeness (QED) is 0.579. The van der Waals surface area contributed by atoms with Crippen LogP contribution < -0.4 is 5.56 Å². The Morgan fingerprint density at radius 3 is 3.04 bits per heavy atom. The number of nitrogens with zero attached hydrogens (tertiary/aromatic N) is 4. The van der Waals surface area contributed by atoms with Crippen molar-refractivity contribution in [2.24, 2.45) is 0 Å². The van der Waals surface area contributed by atoms with E-state index in [4.69, 9.17) is 11.6 Å². The maximum Gasteiger partial charge on any atom is 0.258 e. The molecule has 0 aliphatic rings. The van der Waals surface area contributed by atoms with Crippen molar-refractivity contribution in [1.82, 2.24) is 24.6 Å². The Labute approximate surface area is 139 Å². The summed E-state index contributed by atoms with van der Waals surface area (Å²) in [6.45, 7) is 0. The van der Waals surface area contributed by atoms with Gasteiger partial charge < -0.3 is 4.98 Å². The number of thioether (sulfide) groups is 1. The number of H-pyrrole nitrogens is 1. The summed E-state index contributed by atoms with van der Waals surface area (Å²) in [6.07, 6.45) is 1.90. The minimum atomic E-state index is -0.195. The third-order valence-corrected chi connectivity index (χ3v) is 4.53. The van der Waals surface area contributed by atoms with Crippen molar-refractivity contribution in [3.8, 4) is 0 Å². The van der Waals surface area contributed by atoms with Gasteiger partial charge >= 0.3 is 0 Å². The molecule has 0 saturated carbocycles. The third kappa shape index (κ3) is 2.69. The Kier molecular flexibility index (Phi) is 3.51. The lowest BCUT2D eigenvalue weighted by atomic mass is 10.2. The van der Waals surface area contributed by atoms with E-state index in [2.05, 4.69) is 20.2 Å². The molecular weight excluding hydrogens is 334 g/mol. The van der Waals surface area contributed by atoms with Gasteiger partial charge in [-0.15, -0.1) is 10.2 Å². The van der Waals surface area contributed by atoms with Crippen LogP contribution in [0, 0.1) is 0 Å². The number of benzene rings is 1. The molecule has 4 aromatic rings. The first kappa shape index (κ1) is 14.2. The number of pyridine rings is 1. The Morgan fingerprint density at radius 2 is 2.13 bits per heavy atom. The van der Waals surface area contributed by atoms with E-state index < -0.39 is 0 Å². The largest absolute Gasteiger partial charge is 0.309 e. The van der Waals surface area contributed by atoms with E-state index in [9.17, 15) is 4.79 Å². The van der Waals surface area contributed by atoms with E-state index in [1.807, 2.05) is 28.8 Å². The van der Waals surface area contributed by atoms with Crippen LogP contribution in [0.4, 0.5) is 0 Å².